The van der Waals surface area contributed by atoms with Crippen molar-refractivity contribution in [3.63, 3.8) is 0 Å². The van der Waals surface area contributed by atoms with Crippen LogP contribution < -0.4 is 10.00 Å². The van der Waals surface area contributed by atoms with Gasteiger partial charge in [-0.3, -0.25) is 0 Å². The van der Waals surface area contributed by atoms with Gasteiger partial charge in [0.15, 0.2) is 5.21 Å². The van der Waals surface area contributed by atoms with Crippen LogP contribution >= 0.6 is 0 Å². The van der Waals surface area contributed by atoms with Crippen molar-refractivity contribution in [2.24, 2.45) is 11.3 Å². The van der Waals surface area contributed by atoms with E-state index in [9.17, 15) is 10.4 Å². The number of aliphatic hydroxyl groups excluding tert-OH is 1. The number of aromatic nitrogens is 6. The van der Waals surface area contributed by atoms with Gasteiger partial charge >= 0.3 is 5.82 Å². The van der Waals surface area contributed by atoms with Crippen molar-refractivity contribution in [2.75, 3.05) is 11.9 Å². The molecular formula is C24H31N8O+. The molecule has 0 unspecified atom stereocenters. The zero-order chi connectivity index (χ0) is 23.4. The van der Waals surface area contributed by atoms with Crippen LogP contribution in [0.2, 0.25) is 0 Å². The number of aromatic amines is 1. The maximum atomic E-state index is 10.2. The van der Waals surface area contributed by atoms with Gasteiger partial charge in [-0.2, -0.15) is 5.26 Å². The minimum Gasteiger partial charge on any atom is -0.393 e. The van der Waals surface area contributed by atoms with E-state index in [4.69, 9.17) is 0 Å². The molecular weight excluding hydrogens is 416 g/mol. The monoisotopic (exact) mass is 447 g/mol. The lowest BCUT2D eigenvalue weighted by Gasteiger charge is -2.39. The standard InChI is InChI=1S/C24H30N8O/c1-16-29-30-31-32(16)20-6-4-5-17(11-20)9-10-26-23-27-15-19(14-25)21(28-23)12-18-7-8-22(33)24(2,3)13-18/h4-6,11,15,18,22,33H,7-10,12-13H2,1-3H3,(H,26,27,28)/p+1/t18-,22-/m0/s1. The van der Waals surface area contributed by atoms with Gasteiger partial charge in [0, 0.05) is 13.5 Å². The summed E-state index contributed by atoms with van der Waals surface area (Å²) in [5.41, 5.74) is 3.35. The van der Waals surface area contributed by atoms with E-state index in [2.05, 4.69) is 62.9 Å². The van der Waals surface area contributed by atoms with Gasteiger partial charge in [0.05, 0.1) is 23.6 Å². The van der Waals surface area contributed by atoms with E-state index < -0.39 is 0 Å². The fourth-order valence-corrected chi connectivity index (χ4v) is 4.64. The van der Waals surface area contributed by atoms with Gasteiger partial charge in [0.2, 0.25) is 5.95 Å². The van der Waals surface area contributed by atoms with Crippen LogP contribution in [0.5, 0.6) is 0 Å². The van der Waals surface area contributed by atoms with Crippen LogP contribution in [0.15, 0.2) is 30.5 Å². The van der Waals surface area contributed by atoms with Crippen molar-refractivity contribution in [1.82, 2.24) is 25.5 Å². The van der Waals surface area contributed by atoms with Crippen LogP contribution in [0.25, 0.3) is 5.69 Å². The van der Waals surface area contributed by atoms with Crippen molar-refractivity contribution in [1.29, 1.82) is 5.26 Å². The molecule has 0 saturated heterocycles. The summed E-state index contributed by atoms with van der Waals surface area (Å²) in [6.45, 7) is 6.79. The van der Waals surface area contributed by atoms with Crippen LogP contribution in [-0.2, 0) is 12.8 Å². The van der Waals surface area contributed by atoms with Gasteiger partial charge in [-0.1, -0.05) is 31.2 Å². The highest BCUT2D eigenvalue weighted by atomic mass is 16.3. The first-order chi connectivity index (χ1) is 15.9. The lowest BCUT2D eigenvalue weighted by atomic mass is 9.69. The third kappa shape index (κ3) is 5.34. The number of aliphatic hydroxyl groups is 1. The summed E-state index contributed by atoms with van der Waals surface area (Å²) in [5.74, 6) is 1.73. The molecule has 0 amide bonds. The molecule has 1 fully saturated rings. The Balaban J connectivity index is 1.39. The van der Waals surface area contributed by atoms with Crippen LogP contribution in [0.3, 0.4) is 0 Å². The predicted octanol–water partition coefficient (Wildman–Crippen LogP) is 2.44. The molecule has 1 aliphatic carbocycles. The second kappa shape index (κ2) is 9.63. The lowest BCUT2D eigenvalue weighted by Crippen LogP contribution is -2.37. The van der Waals surface area contributed by atoms with Crippen LogP contribution in [0, 0.1) is 29.6 Å². The van der Waals surface area contributed by atoms with Crippen molar-refractivity contribution < 1.29 is 9.79 Å². The molecule has 33 heavy (non-hydrogen) atoms. The molecule has 3 N–H and O–H groups in total. The van der Waals surface area contributed by atoms with Crippen molar-refractivity contribution in [3.8, 4) is 11.8 Å². The first kappa shape index (κ1) is 22.8. The van der Waals surface area contributed by atoms with Crippen LogP contribution in [-0.4, -0.2) is 43.2 Å². The second-order valence-corrected chi connectivity index (χ2v) is 9.55. The van der Waals surface area contributed by atoms with Crippen molar-refractivity contribution >= 4 is 5.95 Å². The SMILES string of the molecule is Cc1nn[nH][n+]1-c1cccc(CCNc2ncc(C#N)c(C[C@@H]3CC[C@H](O)C(C)(C)C3)n2)c1. The summed E-state index contributed by atoms with van der Waals surface area (Å²) in [6, 6.07) is 10.4. The van der Waals surface area contributed by atoms with Gasteiger partial charge in [-0.15, -0.1) is 4.68 Å². The van der Waals surface area contributed by atoms with Crippen molar-refractivity contribution in [2.45, 2.75) is 59.0 Å². The number of nitrogens with zero attached hydrogens (tertiary/aromatic N) is 6. The summed E-state index contributed by atoms with van der Waals surface area (Å²) in [5, 5.41) is 33.8. The molecule has 2 heterocycles. The molecule has 4 rings (SSSR count). The topological polar surface area (TPSA) is 127 Å². The summed E-state index contributed by atoms with van der Waals surface area (Å²) < 4.78 is 1.83. The number of anilines is 1. The third-order valence-corrected chi connectivity index (χ3v) is 6.56. The Morgan fingerprint density at radius 3 is 2.91 bits per heavy atom. The molecule has 3 aromatic rings. The third-order valence-electron chi connectivity index (χ3n) is 6.56. The van der Waals surface area contributed by atoms with Crippen LogP contribution in [0.4, 0.5) is 5.95 Å². The number of hydrogen-bond donors (Lipinski definition) is 3. The average molecular weight is 448 g/mol. The smallest absolute Gasteiger partial charge is 0.302 e. The van der Waals surface area contributed by atoms with E-state index in [1.165, 1.54) is 5.56 Å². The normalized spacial score (nSPS) is 19.7. The van der Waals surface area contributed by atoms with E-state index in [1.807, 2.05) is 23.7 Å². The number of hydrogen-bond acceptors (Lipinski definition) is 7. The Kier molecular flexibility index (Phi) is 6.65. The molecule has 0 spiro atoms. The molecule has 0 bridgehead atoms. The van der Waals surface area contributed by atoms with Crippen molar-refractivity contribution in [3.05, 3.63) is 53.1 Å². The predicted molar refractivity (Wildman–Crippen MR) is 122 cm³/mol. The summed E-state index contributed by atoms with van der Waals surface area (Å²) >= 11 is 0. The van der Waals surface area contributed by atoms with Gasteiger partial charge in [-0.05, 0) is 61.1 Å². The lowest BCUT2D eigenvalue weighted by molar-refractivity contribution is -0.666. The minimum atomic E-state index is -0.267. The Labute approximate surface area is 193 Å². The number of H-pyrrole nitrogens is 1. The summed E-state index contributed by atoms with van der Waals surface area (Å²) in [4.78, 5) is 9.01. The molecule has 0 radical (unpaired) electrons. The molecule has 9 heteroatoms. The average Bonchev–Trinajstić information content (AvgIpc) is 3.22. The zero-order valence-electron chi connectivity index (χ0n) is 19.4. The number of benzene rings is 1. The summed E-state index contributed by atoms with van der Waals surface area (Å²) in [7, 11) is 0. The Morgan fingerprint density at radius 1 is 1.33 bits per heavy atom. The number of rotatable bonds is 7. The molecule has 172 valence electrons. The fraction of sp³-hybridized carbons (Fsp3) is 0.500. The highest BCUT2D eigenvalue weighted by Gasteiger charge is 2.35. The fourth-order valence-electron chi connectivity index (χ4n) is 4.64. The van der Waals surface area contributed by atoms with Gasteiger partial charge in [0.1, 0.15) is 16.9 Å². The van der Waals surface area contributed by atoms with Gasteiger partial charge < -0.3 is 10.4 Å². The highest BCUT2D eigenvalue weighted by molar-refractivity contribution is 5.37. The molecule has 1 aromatic carbocycles. The van der Waals surface area contributed by atoms with E-state index in [0.29, 0.717) is 24.0 Å². The Bertz CT molecular complexity index is 1150. The first-order valence-corrected chi connectivity index (χ1v) is 11.4. The maximum absolute atomic E-state index is 10.2. The zero-order valence-corrected chi connectivity index (χ0v) is 19.4. The summed E-state index contributed by atoms with van der Waals surface area (Å²) in [6.07, 6.45) is 5.53. The van der Waals surface area contributed by atoms with E-state index in [0.717, 1.165) is 49.3 Å². The van der Waals surface area contributed by atoms with Gasteiger partial charge in [0.25, 0.3) is 0 Å². The molecule has 1 aliphatic rings. The van der Waals surface area contributed by atoms with Gasteiger partial charge in [-0.25, -0.2) is 9.97 Å². The van der Waals surface area contributed by atoms with E-state index >= 15 is 0 Å². The molecule has 0 aliphatic heterocycles. The molecule has 1 saturated carbocycles. The Hall–Kier alpha value is -3.38. The first-order valence-electron chi connectivity index (χ1n) is 11.4. The van der Waals surface area contributed by atoms with E-state index in [-0.39, 0.29) is 11.5 Å². The quantitative estimate of drug-likeness (QED) is 0.475. The maximum Gasteiger partial charge on any atom is 0.302 e. The highest BCUT2D eigenvalue weighted by Crippen LogP contribution is 2.40. The molecule has 2 atom stereocenters. The minimum absolute atomic E-state index is 0.110. The second-order valence-electron chi connectivity index (χ2n) is 9.55. The van der Waals surface area contributed by atoms with E-state index in [1.54, 1.807) is 6.20 Å². The number of nitrogens with one attached hydrogen (secondary N) is 2. The largest absolute Gasteiger partial charge is 0.393 e. The Morgan fingerprint density at radius 2 is 2.18 bits per heavy atom. The molecule has 9 nitrogen and oxygen atoms in total. The number of tetrazole rings is 1. The number of aryl methyl sites for hydroxylation is 1. The number of nitriles is 1. The van der Waals surface area contributed by atoms with Crippen LogP contribution in [0.1, 0.15) is 55.8 Å². The molecule has 2 aromatic heterocycles.